The average molecular weight is 235 g/mol. The molecule has 94 valence electrons. The SMILES string of the molecule is COC(=O)C(N)CCCN=C(N)NN(O)O. The van der Waals surface area contributed by atoms with E-state index in [1.165, 1.54) is 7.11 Å². The third kappa shape index (κ3) is 6.95. The summed E-state index contributed by atoms with van der Waals surface area (Å²) in [6.45, 7) is 0.303. The number of nitrogens with one attached hydrogen (secondary N) is 1. The normalized spacial score (nSPS) is 13.7. The number of ether oxygens (including phenoxy) is 1. The molecule has 0 saturated heterocycles. The first-order chi connectivity index (χ1) is 7.47. The van der Waals surface area contributed by atoms with E-state index in [-0.39, 0.29) is 11.3 Å². The molecule has 0 amide bonds. The van der Waals surface area contributed by atoms with E-state index in [2.05, 4.69) is 9.73 Å². The maximum absolute atomic E-state index is 10.9. The van der Waals surface area contributed by atoms with Crippen LogP contribution >= 0.6 is 0 Å². The molecule has 0 aliphatic heterocycles. The van der Waals surface area contributed by atoms with Crippen molar-refractivity contribution < 1.29 is 19.9 Å². The lowest BCUT2D eigenvalue weighted by Gasteiger charge is -2.09. The van der Waals surface area contributed by atoms with Gasteiger partial charge in [-0.1, -0.05) is 0 Å². The molecular formula is C7H17N5O4. The maximum atomic E-state index is 10.9. The van der Waals surface area contributed by atoms with Gasteiger partial charge >= 0.3 is 5.97 Å². The number of guanidine groups is 1. The molecule has 9 heteroatoms. The van der Waals surface area contributed by atoms with Crippen molar-refractivity contribution in [3.05, 3.63) is 0 Å². The van der Waals surface area contributed by atoms with Crippen LogP contribution in [0.4, 0.5) is 0 Å². The summed E-state index contributed by atoms with van der Waals surface area (Å²) in [6.07, 6.45) is 0.931. The Labute approximate surface area is 92.6 Å². The van der Waals surface area contributed by atoms with E-state index >= 15 is 0 Å². The molecule has 0 rings (SSSR count). The van der Waals surface area contributed by atoms with Gasteiger partial charge in [-0.25, -0.2) is 5.43 Å². The summed E-state index contributed by atoms with van der Waals surface area (Å²) in [6, 6.07) is -0.679. The summed E-state index contributed by atoms with van der Waals surface area (Å²) in [7, 11) is 1.26. The van der Waals surface area contributed by atoms with Crippen LogP contribution in [0.3, 0.4) is 0 Å². The zero-order valence-corrected chi connectivity index (χ0v) is 8.96. The molecule has 9 nitrogen and oxygen atoms in total. The van der Waals surface area contributed by atoms with E-state index < -0.39 is 12.0 Å². The van der Waals surface area contributed by atoms with E-state index in [0.717, 1.165) is 0 Å². The van der Waals surface area contributed by atoms with Gasteiger partial charge < -0.3 is 16.2 Å². The van der Waals surface area contributed by atoms with Crippen LogP contribution < -0.4 is 16.9 Å². The van der Waals surface area contributed by atoms with Gasteiger partial charge in [0.25, 0.3) is 0 Å². The number of methoxy groups -OCH3 is 1. The van der Waals surface area contributed by atoms with Crippen LogP contribution in [-0.4, -0.2) is 47.4 Å². The number of aliphatic imine (C=N–C) groups is 1. The number of hydrogen-bond donors (Lipinski definition) is 5. The van der Waals surface area contributed by atoms with Gasteiger partial charge in [0.2, 0.25) is 5.96 Å². The predicted molar refractivity (Wildman–Crippen MR) is 54.3 cm³/mol. The molecule has 0 aromatic rings. The molecule has 0 radical (unpaired) electrons. The highest BCUT2D eigenvalue weighted by Crippen LogP contribution is 1.96. The Morgan fingerprint density at radius 3 is 2.75 bits per heavy atom. The molecule has 1 unspecified atom stereocenters. The molecule has 0 bridgehead atoms. The number of hydrazine groups is 1. The topological polar surface area (TPSA) is 146 Å². The zero-order valence-electron chi connectivity index (χ0n) is 8.96. The van der Waals surface area contributed by atoms with Crippen molar-refractivity contribution >= 4 is 11.9 Å². The summed E-state index contributed by atoms with van der Waals surface area (Å²) in [5.41, 5.74) is 12.6. The monoisotopic (exact) mass is 235 g/mol. The van der Waals surface area contributed by atoms with Crippen molar-refractivity contribution in [3.63, 3.8) is 0 Å². The highest BCUT2D eigenvalue weighted by atomic mass is 16.8. The van der Waals surface area contributed by atoms with Crippen molar-refractivity contribution in [2.45, 2.75) is 18.9 Å². The Hall–Kier alpha value is -1.42. The molecule has 0 spiro atoms. The van der Waals surface area contributed by atoms with Gasteiger partial charge in [0.15, 0.2) is 0 Å². The fourth-order valence-electron chi connectivity index (χ4n) is 0.918. The summed E-state index contributed by atoms with van der Waals surface area (Å²) in [4.78, 5) is 14.6. The van der Waals surface area contributed by atoms with E-state index in [1.54, 1.807) is 0 Å². The van der Waals surface area contributed by atoms with Gasteiger partial charge in [-0.3, -0.25) is 20.2 Å². The molecule has 0 aliphatic carbocycles. The van der Waals surface area contributed by atoms with Gasteiger partial charge in [-0.15, -0.1) is 0 Å². The first-order valence-corrected chi connectivity index (χ1v) is 4.55. The second kappa shape index (κ2) is 7.82. The summed E-state index contributed by atoms with van der Waals surface area (Å²) in [5.74, 6) is -0.636. The van der Waals surface area contributed by atoms with Crippen LogP contribution in [0.2, 0.25) is 0 Å². The van der Waals surface area contributed by atoms with Crippen LogP contribution in [0.15, 0.2) is 4.99 Å². The third-order valence-electron chi connectivity index (χ3n) is 1.67. The summed E-state index contributed by atoms with van der Waals surface area (Å²) in [5, 5.41) is 16.3. The van der Waals surface area contributed by atoms with E-state index in [9.17, 15) is 4.79 Å². The minimum Gasteiger partial charge on any atom is -0.468 e. The van der Waals surface area contributed by atoms with Crippen molar-refractivity contribution in [2.24, 2.45) is 16.5 Å². The molecule has 0 heterocycles. The van der Waals surface area contributed by atoms with Gasteiger partial charge in [0, 0.05) is 11.9 Å². The molecule has 7 N–H and O–H groups in total. The highest BCUT2D eigenvalue weighted by Gasteiger charge is 2.12. The molecular weight excluding hydrogens is 218 g/mol. The second-order valence-electron chi connectivity index (χ2n) is 2.94. The van der Waals surface area contributed by atoms with Gasteiger partial charge in [0.1, 0.15) is 6.04 Å². The number of carbonyl (C=O) groups is 1. The number of rotatable bonds is 6. The number of nitrogens with two attached hydrogens (primary N) is 2. The molecule has 0 saturated carbocycles. The van der Waals surface area contributed by atoms with Gasteiger partial charge in [-0.05, 0) is 12.8 Å². The molecule has 0 aromatic heterocycles. The van der Waals surface area contributed by atoms with Crippen molar-refractivity contribution in [1.82, 2.24) is 10.8 Å². The predicted octanol–water partition coefficient (Wildman–Crippen LogP) is -1.83. The minimum absolute atomic E-state index is 0.156. The van der Waals surface area contributed by atoms with Crippen LogP contribution in [-0.2, 0) is 9.53 Å². The van der Waals surface area contributed by atoms with Crippen LogP contribution in [0.5, 0.6) is 0 Å². The zero-order chi connectivity index (χ0) is 12.6. The number of esters is 1. The van der Waals surface area contributed by atoms with E-state index in [4.69, 9.17) is 21.9 Å². The summed E-state index contributed by atoms with van der Waals surface area (Å²) >= 11 is 0. The highest BCUT2D eigenvalue weighted by molar-refractivity contribution is 5.77. The Balaban J connectivity index is 3.70. The molecule has 0 fully saturated rings. The van der Waals surface area contributed by atoms with Crippen molar-refractivity contribution in [3.8, 4) is 0 Å². The largest absolute Gasteiger partial charge is 0.468 e. The fraction of sp³-hybridized carbons (Fsp3) is 0.714. The van der Waals surface area contributed by atoms with Crippen molar-refractivity contribution in [1.29, 1.82) is 0 Å². The first-order valence-electron chi connectivity index (χ1n) is 4.55. The lowest BCUT2D eigenvalue weighted by molar-refractivity contribution is -0.329. The molecule has 1 atom stereocenters. The second-order valence-corrected chi connectivity index (χ2v) is 2.94. The van der Waals surface area contributed by atoms with Crippen LogP contribution in [0, 0.1) is 0 Å². The quantitative estimate of drug-likeness (QED) is 0.119. The standard InChI is InChI=1S/C7H17N5O4/c1-16-6(13)5(8)3-2-4-10-7(9)11-12(14)15/h5,14-15H,2-4,8H2,1H3,(H3,9,10,11). The lowest BCUT2D eigenvalue weighted by Crippen LogP contribution is -2.42. The Morgan fingerprint density at radius 2 is 2.25 bits per heavy atom. The average Bonchev–Trinajstić information content (AvgIpc) is 2.21. The maximum Gasteiger partial charge on any atom is 0.322 e. The van der Waals surface area contributed by atoms with Crippen LogP contribution in [0.25, 0.3) is 0 Å². The third-order valence-corrected chi connectivity index (χ3v) is 1.67. The first kappa shape index (κ1) is 14.6. The fourth-order valence-corrected chi connectivity index (χ4v) is 0.918. The number of hydrogen-bond acceptors (Lipinski definition) is 7. The minimum atomic E-state index is -0.679. The molecule has 0 aromatic carbocycles. The Bertz CT molecular complexity index is 245. The van der Waals surface area contributed by atoms with Gasteiger partial charge in [0.05, 0.1) is 7.11 Å². The van der Waals surface area contributed by atoms with Crippen LogP contribution in [0.1, 0.15) is 12.8 Å². The summed E-state index contributed by atoms with van der Waals surface area (Å²) < 4.78 is 4.43. The van der Waals surface area contributed by atoms with E-state index in [0.29, 0.717) is 19.4 Å². The molecule has 0 aliphatic rings. The number of nitrogens with zero attached hydrogens (tertiary/aromatic N) is 2. The number of carbonyl (C=O) groups excluding carboxylic acids is 1. The smallest absolute Gasteiger partial charge is 0.322 e. The van der Waals surface area contributed by atoms with Gasteiger partial charge in [-0.2, -0.15) is 0 Å². The Morgan fingerprint density at radius 1 is 1.62 bits per heavy atom. The Kier molecular flexibility index (Phi) is 7.12. The molecule has 16 heavy (non-hydrogen) atoms. The van der Waals surface area contributed by atoms with Crippen molar-refractivity contribution in [2.75, 3.05) is 13.7 Å². The van der Waals surface area contributed by atoms with E-state index in [1.807, 2.05) is 5.43 Å². The lowest BCUT2D eigenvalue weighted by atomic mass is 10.2.